The Kier molecular flexibility index (Phi) is 7.29. The molecule has 1 heteroatoms. The van der Waals surface area contributed by atoms with Gasteiger partial charge < -0.3 is 5.32 Å². The Balaban J connectivity index is 2.18. The van der Waals surface area contributed by atoms with Gasteiger partial charge in [0.1, 0.15) is 0 Å². The molecule has 1 nitrogen and oxygen atoms in total. The van der Waals surface area contributed by atoms with Crippen LogP contribution in [0, 0.1) is 23.7 Å². The topological polar surface area (TPSA) is 12.0 Å². The van der Waals surface area contributed by atoms with E-state index in [2.05, 4.69) is 40.1 Å². The standard InChI is InChI=1S/C17H35N/c1-13(2)14(3)12-17(16-10-11-16)9-7-6-8-15(4)18-5/h13-18H,6-12H2,1-5H3. The molecule has 1 rings (SSSR count). The van der Waals surface area contributed by atoms with Crippen LogP contribution >= 0.6 is 0 Å². The average Bonchev–Trinajstić information content (AvgIpc) is 3.16. The minimum atomic E-state index is 0.693. The van der Waals surface area contributed by atoms with Gasteiger partial charge in [0.05, 0.1) is 0 Å². The maximum atomic E-state index is 3.34. The summed E-state index contributed by atoms with van der Waals surface area (Å²) in [5.74, 6) is 3.89. The predicted molar refractivity (Wildman–Crippen MR) is 81.8 cm³/mol. The van der Waals surface area contributed by atoms with E-state index >= 15 is 0 Å². The third kappa shape index (κ3) is 6.22. The van der Waals surface area contributed by atoms with E-state index in [1.165, 1.54) is 44.9 Å². The van der Waals surface area contributed by atoms with Gasteiger partial charge in [-0.05, 0) is 63.3 Å². The zero-order chi connectivity index (χ0) is 13.5. The number of nitrogens with one attached hydrogen (secondary N) is 1. The van der Waals surface area contributed by atoms with Crippen LogP contribution in [0.15, 0.2) is 0 Å². The van der Waals surface area contributed by atoms with Crippen molar-refractivity contribution in [1.82, 2.24) is 5.32 Å². The van der Waals surface area contributed by atoms with E-state index in [1.54, 1.807) is 0 Å². The third-order valence-electron chi connectivity index (χ3n) is 5.06. The largest absolute Gasteiger partial charge is 0.317 e. The highest BCUT2D eigenvalue weighted by atomic mass is 14.8. The molecule has 1 saturated carbocycles. The minimum absolute atomic E-state index is 0.693. The summed E-state index contributed by atoms with van der Waals surface area (Å²) in [4.78, 5) is 0. The first-order valence-electron chi connectivity index (χ1n) is 8.21. The normalized spacial score (nSPS) is 21.0. The van der Waals surface area contributed by atoms with E-state index in [4.69, 9.17) is 0 Å². The molecule has 0 aromatic carbocycles. The van der Waals surface area contributed by atoms with Gasteiger partial charge in [0.15, 0.2) is 0 Å². The Morgan fingerprint density at radius 3 is 2.11 bits per heavy atom. The van der Waals surface area contributed by atoms with Crippen LogP contribution in [0.4, 0.5) is 0 Å². The predicted octanol–water partition coefficient (Wildman–Crippen LogP) is 4.86. The maximum absolute atomic E-state index is 3.34. The van der Waals surface area contributed by atoms with Crippen LogP contribution in [0.3, 0.4) is 0 Å². The fourth-order valence-electron chi connectivity index (χ4n) is 2.86. The highest BCUT2D eigenvalue weighted by Crippen LogP contribution is 2.43. The van der Waals surface area contributed by atoms with Gasteiger partial charge in [0.25, 0.3) is 0 Å². The second-order valence-corrected chi connectivity index (χ2v) is 7.03. The summed E-state index contributed by atoms with van der Waals surface area (Å²) < 4.78 is 0. The molecule has 3 unspecified atom stereocenters. The summed E-state index contributed by atoms with van der Waals surface area (Å²) >= 11 is 0. The van der Waals surface area contributed by atoms with Crippen molar-refractivity contribution in [1.29, 1.82) is 0 Å². The van der Waals surface area contributed by atoms with Crippen molar-refractivity contribution in [2.75, 3.05) is 7.05 Å². The zero-order valence-electron chi connectivity index (χ0n) is 13.3. The lowest BCUT2D eigenvalue weighted by Crippen LogP contribution is -2.20. The monoisotopic (exact) mass is 253 g/mol. The lowest BCUT2D eigenvalue weighted by molar-refractivity contribution is 0.276. The molecular formula is C17H35N. The zero-order valence-corrected chi connectivity index (χ0v) is 13.3. The Labute approximate surface area is 115 Å². The molecule has 1 aliphatic carbocycles. The van der Waals surface area contributed by atoms with Gasteiger partial charge >= 0.3 is 0 Å². The summed E-state index contributed by atoms with van der Waals surface area (Å²) in [6.07, 6.45) is 10.2. The lowest BCUT2D eigenvalue weighted by atomic mass is 9.83. The smallest absolute Gasteiger partial charge is 0.00357 e. The van der Waals surface area contributed by atoms with E-state index in [-0.39, 0.29) is 0 Å². The summed E-state index contributed by atoms with van der Waals surface area (Å²) in [5.41, 5.74) is 0. The molecule has 18 heavy (non-hydrogen) atoms. The van der Waals surface area contributed by atoms with Crippen LogP contribution in [0.1, 0.15) is 72.6 Å². The number of hydrogen-bond acceptors (Lipinski definition) is 1. The molecule has 1 N–H and O–H groups in total. The fraction of sp³-hybridized carbons (Fsp3) is 1.00. The second kappa shape index (κ2) is 8.19. The number of hydrogen-bond donors (Lipinski definition) is 1. The van der Waals surface area contributed by atoms with Crippen molar-refractivity contribution in [3.8, 4) is 0 Å². The van der Waals surface area contributed by atoms with Crippen molar-refractivity contribution >= 4 is 0 Å². The molecule has 0 amide bonds. The number of rotatable bonds is 10. The van der Waals surface area contributed by atoms with Gasteiger partial charge in [-0.2, -0.15) is 0 Å². The van der Waals surface area contributed by atoms with E-state index in [0.29, 0.717) is 6.04 Å². The van der Waals surface area contributed by atoms with Gasteiger partial charge in [-0.25, -0.2) is 0 Å². The van der Waals surface area contributed by atoms with Crippen LogP contribution < -0.4 is 5.32 Å². The van der Waals surface area contributed by atoms with Gasteiger partial charge in [-0.3, -0.25) is 0 Å². The summed E-state index contributed by atoms with van der Waals surface area (Å²) in [7, 11) is 2.07. The molecule has 0 bridgehead atoms. The van der Waals surface area contributed by atoms with Crippen molar-refractivity contribution in [3.05, 3.63) is 0 Å². The van der Waals surface area contributed by atoms with Crippen LogP contribution in [0.5, 0.6) is 0 Å². The second-order valence-electron chi connectivity index (χ2n) is 7.03. The molecule has 0 radical (unpaired) electrons. The van der Waals surface area contributed by atoms with E-state index in [0.717, 1.165) is 23.7 Å². The first-order valence-corrected chi connectivity index (χ1v) is 8.21. The first-order chi connectivity index (χ1) is 8.54. The van der Waals surface area contributed by atoms with Crippen molar-refractivity contribution < 1.29 is 0 Å². The highest BCUT2D eigenvalue weighted by Gasteiger charge is 2.31. The minimum Gasteiger partial charge on any atom is -0.317 e. The summed E-state index contributed by atoms with van der Waals surface area (Å²) in [5, 5.41) is 3.34. The van der Waals surface area contributed by atoms with E-state index in [1.807, 2.05) is 0 Å². The van der Waals surface area contributed by atoms with Crippen LogP contribution in [-0.4, -0.2) is 13.1 Å². The van der Waals surface area contributed by atoms with E-state index in [9.17, 15) is 0 Å². The average molecular weight is 253 g/mol. The maximum Gasteiger partial charge on any atom is 0.00357 e. The molecule has 3 atom stereocenters. The first kappa shape index (κ1) is 16.0. The van der Waals surface area contributed by atoms with Gasteiger partial charge in [-0.15, -0.1) is 0 Å². The molecule has 0 aliphatic heterocycles. The molecule has 0 heterocycles. The van der Waals surface area contributed by atoms with Gasteiger partial charge in [0, 0.05) is 6.04 Å². The Hall–Kier alpha value is -0.0400. The molecule has 1 fully saturated rings. The molecule has 0 saturated heterocycles. The SMILES string of the molecule is CNC(C)CCCCC(CC(C)C(C)C)C1CC1. The fourth-order valence-corrected chi connectivity index (χ4v) is 2.86. The van der Waals surface area contributed by atoms with Crippen LogP contribution in [-0.2, 0) is 0 Å². The Morgan fingerprint density at radius 1 is 1.00 bits per heavy atom. The summed E-state index contributed by atoms with van der Waals surface area (Å²) in [6.45, 7) is 9.49. The Bertz CT molecular complexity index is 208. The van der Waals surface area contributed by atoms with E-state index < -0.39 is 0 Å². The third-order valence-corrected chi connectivity index (χ3v) is 5.06. The molecule has 0 aromatic heterocycles. The molecule has 0 spiro atoms. The lowest BCUT2D eigenvalue weighted by Gasteiger charge is -2.23. The van der Waals surface area contributed by atoms with Crippen molar-refractivity contribution in [3.63, 3.8) is 0 Å². The van der Waals surface area contributed by atoms with Gasteiger partial charge in [0.2, 0.25) is 0 Å². The number of unbranched alkanes of at least 4 members (excludes halogenated alkanes) is 1. The van der Waals surface area contributed by atoms with Crippen molar-refractivity contribution in [2.24, 2.45) is 23.7 Å². The molecule has 1 aliphatic rings. The van der Waals surface area contributed by atoms with Gasteiger partial charge in [-0.1, -0.05) is 40.0 Å². The van der Waals surface area contributed by atoms with Crippen LogP contribution in [0.25, 0.3) is 0 Å². The van der Waals surface area contributed by atoms with Crippen LogP contribution in [0.2, 0.25) is 0 Å². The Morgan fingerprint density at radius 2 is 1.61 bits per heavy atom. The summed E-state index contributed by atoms with van der Waals surface area (Å²) in [6, 6.07) is 0.693. The van der Waals surface area contributed by atoms with Crippen molar-refractivity contribution in [2.45, 2.75) is 78.7 Å². The molecular weight excluding hydrogens is 218 g/mol. The molecule has 108 valence electrons. The quantitative estimate of drug-likeness (QED) is 0.548. The molecule has 0 aromatic rings. The highest BCUT2D eigenvalue weighted by molar-refractivity contribution is 4.83.